The van der Waals surface area contributed by atoms with E-state index in [1.165, 1.54) is 32.2 Å². The number of likely N-dealkylation sites (tertiary alicyclic amines) is 1. The zero-order valence-electron chi connectivity index (χ0n) is 13.2. The third-order valence-corrected chi connectivity index (χ3v) is 3.87. The molecular weight excluding hydrogens is 236 g/mol. The molecule has 112 valence electrons. The first-order valence-electron chi connectivity index (χ1n) is 7.82. The first-order valence-corrected chi connectivity index (χ1v) is 7.82. The third kappa shape index (κ3) is 6.81. The molecule has 0 aromatic heterocycles. The Labute approximate surface area is 119 Å². The van der Waals surface area contributed by atoms with Crippen molar-refractivity contribution in [3.05, 3.63) is 0 Å². The lowest BCUT2D eigenvalue weighted by atomic mass is 10.0. The molecule has 19 heavy (non-hydrogen) atoms. The maximum atomic E-state index is 4.26. The molecule has 4 nitrogen and oxygen atoms in total. The highest BCUT2D eigenvalue weighted by Crippen LogP contribution is 2.15. The van der Waals surface area contributed by atoms with Crippen molar-refractivity contribution in [1.29, 1.82) is 0 Å². The Morgan fingerprint density at radius 1 is 1.26 bits per heavy atom. The smallest absolute Gasteiger partial charge is 0.191 e. The van der Waals surface area contributed by atoms with E-state index in [9.17, 15) is 0 Å². The van der Waals surface area contributed by atoms with E-state index in [4.69, 9.17) is 0 Å². The van der Waals surface area contributed by atoms with E-state index in [1.807, 2.05) is 7.05 Å². The van der Waals surface area contributed by atoms with Crippen molar-refractivity contribution >= 4 is 5.96 Å². The van der Waals surface area contributed by atoms with E-state index < -0.39 is 0 Å². The Hall–Kier alpha value is -0.770. The standard InChI is InChI=1S/C15H32N4/c1-13(2)8-9-17-15(16-4)18-10-12-19-11-6-5-7-14(19)3/h13-14H,5-12H2,1-4H3,(H2,16,17,18). The number of piperidine rings is 1. The SMILES string of the molecule is CN=C(NCCC(C)C)NCCN1CCCCC1C. The van der Waals surface area contributed by atoms with Gasteiger partial charge in [-0.2, -0.15) is 0 Å². The van der Waals surface area contributed by atoms with Crippen LogP contribution in [0.4, 0.5) is 0 Å². The van der Waals surface area contributed by atoms with Crippen LogP contribution >= 0.6 is 0 Å². The van der Waals surface area contributed by atoms with Gasteiger partial charge in [0.1, 0.15) is 0 Å². The number of aliphatic imine (C=N–C) groups is 1. The van der Waals surface area contributed by atoms with Crippen molar-refractivity contribution in [1.82, 2.24) is 15.5 Å². The number of hydrogen-bond acceptors (Lipinski definition) is 2. The molecule has 0 aliphatic carbocycles. The van der Waals surface area contributed by atoms with Crippen molar-refractivity contribution in [2.24, 2.45) is 10.9 Å². The van der Waals surface area contributed by atoms with Gasteiger partial charge in [0.15, 0.2) is 5.96 Å². The summed E-state index contributed by atoms with van der Waals surface area (Å²) in [6.45, 7) is 11.2. The van der Waals surface area contributed by atoms with Crippen LogP contribution in [0.1, 0.15) is 46.5 Å². The van der Waals surface area contributed by atoms with Gasteiger partial charge in [0.25, 0.3) is 0 Å². The largest absolute Gasteiger partial charge is 0.356 e. The maximum Gasteiger partial charge on any atom is 0.191 e. The van der Waals surface area contributed by atoms with E-state index >= 15 is 0 Å². The normalized spacial score (nSPS) is 21.7. The van der Waals surface area contributed by atoms with Gasteiger partial charge in [-0.15, -0.1) is 0 Å². The highest BCUT2D eigenvalue weighted by Gasteiger charge is 2.17. The Morgan fingerprint density at radius 3 is 2.63 bits per heavy atom. The van der Waals surface area contributed by atoms with Crippen molar-refractivity contribution in [2.45, 2.75) is 52.5 Å². The maximum absolute atomic E-state index is 4.26. The molecule has 1 unspecified atom stereocenters. The Bertz CT molecular complexity index is 263. The van der Waals surface area contributed by atoms with E-state index in [-0.39, 0.29) is 0 Å². The van der Waals surface area contributed by atoms with E-state index in [0.29, 0.717) is 0 Å². The molecule has 0 spiro atoms. The molecule has 0 aromatic carbocycles. The zero-order chi connectivity index (χ0) is 14.1. The molecule has 1 saturated heterocycles. The van der Waals surface area contributed by atoms with Gasteiger partial charge in [-0.05, 0) is 38.6 Å². The lowest BCUT2D eigenvalue weighted by Gasteiger charge is -2.33. The first kappa shape index (κ1) is 16.3. The molecule has 1 atom stereocenters. The summed E-state index contributed by atoms with van der Waals surface area (Å²) in [4.78, 5) is 6.84. The summed E-state index contributed by atoms with van der Waals surface area (Å²) in [5.41, 5.74) is 0. The molecule has 0 amide bonds. The fourth-order valence-electron chi connectivity index (χ4n) is 2.51. The molecule has 1 fully saturated rings. The molecular formula is C15H32N4. The minimum absolute atomic E-state index is 0.736. The van der Waals surface area contributed by atoms with Gasteiger partial charge >= 0.3 is 0 Å². The second kappa shape index (κ2) is 9.18. The monoisotopic (exact) mass is 268 g/mol. The van der Waals surface area contributed by atoms with Crippen molar-refractivity contribution < 1.29 is 0 Å². The van der Waals surface area contributed by atoms with Gasteiger partial charge in [0.05, 0.1) is 0 Å². The quantitative estimate of drug-likeness (QED) is 0.572. The number of nitrogens with one attached hydrogen (secondary N) is 2. The van der Waals surface area contributed by atoms with Crippen LogP contribution in [0.2, 0.25) is 0 Å². The summed E-state index contributed by atoms with van der Waals surface area (Å²) in [6, 6.07) is 0.742. The van der Waals surface area contributed by atoms with Crippen LogP contribution < -0.4 is 10.6 Å². The van der Waals surface area contributed by atoms with Crippen LogP contribution in [0.3, 0.4) is 0 Å². The highest BCUT2D eigenvalue weighted by molar-refractivity contribution is 5.79. The molecule has 2 N–H and O–H groups in total. The molecule has 0 aromatic rings. The third-order valence-electron chi connectivity index (χ3n) is 3.87. The molecule has 0 saturated carbocycles. The number of rotatable bonds is 6. The zero-order valence-corrected chi connectivity index (χ0v) is 13.2. The van der Waals surface area contributed by atoms with Gasteiger partial charge in [-0.1, -0.05) is 20.3 Å². The van der Waals surface area contributed by atoms with Crippen LogP contribution in [-0.4, -0.2) is 50.1 Å². The van der Waals surface area contributed by atoms with Crippen LogP contribution in [-0.2, 0) is 0 Å². The van der Waals surface area contributed by atoms with Crippen LogP contribution in [0.25, 0.3) is 0 Å². The minimum Gasteiger partial charge on any atom is -0.356 e. The Kier molecular flexibility index (Phi) is 7.87. The van der Waals surface area contributed by atoms with Crippen molar-refractivity contribution in [3.8, 4) is 0 Å². The minimum atomic E-state index is 0.736. The molecule has 1 heterocycles. The molecule has 0 radical (unpaired) electrons. The summed E-state index contributed by atoms with van der Waals surface area (Å²) in [5.74, 6) is 1.67. The topological polar surface area (TPSA) is 39.7 Å². The predicted octanol–water partition coefficient (Wildman–Crippen LogP) is 2.07. The lowest BCUT2D eigenvalue weighted by molar-refractivity contribution is 0.163. The Balaban J connectivity index is 2.15. The molecule has 0 bridgehead atoms. The van der Waals surface area contributed by atoms with E-state index in [1.54, 1.807) is 0 Å². The summed E-state index contributed by atoms with van der Waals surface area (Å²) in [7, 11) is 1.84. The highest BCUT2D eigenvalue weighted by atomic mass is 15.2. The predicted molar refractivity (Wildman–Crippen MR) is 83.7 cm³/mol. The van der Waals surface area contributed by atoms with Crippen molar-refractivity contribution in [2.75, 3.05) is 33.2 Å². The summed E-state index contributed by atoms with van der Waals surface area (Å²) >= 11 is 0. The van der Waals surface area contributed by atoms with Crippen LogP contribution in [0, 0.1) is 5.92 Å². The van der Waals surface area contributed by atoms with Gasteiger partial charge in [0.2, 0.25) is 0 Å². The second-order valence-corrected chi connectivity index (χ2v) is 5.99. The Morgan fingerprint density at radius 2 is 2.00 bits per heavy atom. The molecule has 1 aliphatic rings. The fourth-order valence-corrected chi connectivity index (χ4v) is 2.51. The summed E-state index contributed by atoms with van der Waals surface area (Å²) in [5, 5.41) is 6.78. The van der Waals surface area contributed by atoms with Crippen LogP contribution in [0.15, 0.2) is 4.99 Å². The summed E-state index contributed by atoms with van der Waals surface area (Å²) < 4.78 is 0. The van der Waals surface area contributed by atoms with E-state index in [0.717, 1.165) is 37.6 Å². The number of guanidine groups is 1. The van der Waals surface area contributed by atoms with Gasteiger partial charge in [-0.25, -0.2) is 0 Å². The van der Waals surface area contributed by atoms with Gasteiger partial charge < -0.3 is 10.6 Å². The van der Waals surface area contributed by atoms with Crippen LogP contribution in [0.5, 0.6) is 0 Å². The lowest BCUT2D eigenvalue weighted by Crippen LogP contribution is -2.45. The average Bonchev–Trinajstić information content (AvgIpc) is 2.38. The molecule has 4 heteroatoms. The van der Waals surface area contributed by atoms with Crippen molar-refractivity contribution in [3.63, 3.8) is 0 Å². The number of hydrogen-bond donors (Lipinski definition) is 2. The fraction of sp³-hybridized carbons (Fsp3) is 0.933. The molecule has 1 rings (SSSR count). The number of nitrogens with zero attached hydrogens (tertiary/aromatic N) is 2. The first-order chi connectivity index (χ1) is 9.13. The molecule has 1 aliphatic heterocycles. The van der Waals surface area contributed by atoms with Gasteiger partial charge in [-0.3, -0.25) is 9.89 Å². The van der Waals surface area contributed by atoms with Gasteiger partial charge in [0, 0.05) is 32.7 Å². The second-order valence-electron chi connectivity index (χ2n) is 5.99. The average molecular weight is 268 g/mol. The van der Waals surface area contributed by atoms with E-state index in [2.05, 4.69) is 41.3 Å². The summed E-state index contributed by atoms with van der Waals surface area (Å²) in [6.07, 6.45) is 5.28.